The van der Waals surface area contributed by atoms with E-state index in [1.165, 1.54) is 0 Å². The second-order valence-corrected chi connectivity index (χ2v) is 1.35. The van der Waals surface area contributed by atoms with Gasteiger partial charge in [0.1, 0.15) is 0 Å². The summed E-state index contributed by atoms with van der Waals surface area (Å²) in [5.74, 6) is 0. The minimum Gasteiger partial charge on any atom is -0.412 e. The summed E-state index contributed by atoms with van der Waals surface area (Å²) in [7, 11) is 0. The van der Waals surface area contributed by atoms with Crippen LogP contribution >= 0.6 is 0 Å². The van der Waals surface area contributed by atoms with E-state index in [1.54, 1.807) is 0 Å². The van der Waals surface area contributed by atoms with Crippen molar-refractivity contribution >= 4 is 0 Å². The van der Waals surface area contributed by atoms with Gasteiger partial charge in [-0.05, 0) is 3.44 Å². The number of rotatable bonds is 0. The van der Waals surface area contributed by atoms with Crippen LogP contribution in [0.5, 0.6) is 0 Å². The van der Waals surface area contributed by atoms with Crippen molar-refractivity contribution in [2.24, 2.45) is 0 Å². The molecule has 0 amide bonds. The monoisotopic (exact) mass is 212 g/mol. The van der Waals surface area contributed by atoms with Gasteiger partial charge in [-0.15, -0.1) is 0 Å². The molecule has 0 heterocycles. The van der Waals surface area contributed by atoms with Crippen molar-refractivity contribution < 1.29 is 42.3 Å². The van der Waals surface area contributed by atoms with E-state index in [-0.39, 0.29) is 11.0 Å². The normalized spacial score (nSPS) is 6.00. The maximum Gasteiger partial charge on any atom is 0.503 e. The van der Waals surface area contributed by atoms with E-state index in [1.807, 2.05) is 0 Å². The first-order chi connectivity index (χ1) is 1.73. The molecule has 0 aliphatic rings. The zero-order valence-corrected chi connectivity index (χ0v) is 4.80. The zero-order valence-electron chi connectivity index (χ0n) is 2.64. The number of hydrogen-bond acceptors (Lipinski definition) is 3. The second-order valence-electron chi connectivity index (χ2n) is 0.201. The van der Waals surface area contributed by atoms with Gasteiger partial charge in [0.2, 0.25) is 0 Å². The molecule has 0 bridgehead atoms. The van der Waals surface area contributed by atoms with Crippen molar-refractivity contribution in [3.8, 4) is 0 Å². The van der Waals surface area contributed by atoms with E-state index in [4.69, 9.17) is 10.3 Å². The fraction of sp³-hybridized carbons (Fsp3) is 0. The highest BCUT2D eigenvalue weighted by Gasteiger charge is 1.89. The van der Waals surface area contributed by atoms with Crippen LogP contribution in [-0.4, -0.2) is 14.4 Å². The van der Waals surface area contributed by atoms with Crippen LogP contribution in [-0.2, 0) is 0 Å². The van der Waals surface area contributed by atoms with E-state index >= 15 is 0 Å². The molecule has 0 rings (SSSR count). The first-order valence-corrected chi connectivity index (χ1v) is 3.20. The SMILES string of the molecule is O.O.[O-][I+2]([O-])O. The molecule has 0 saturated carbocycles. The molecule has 0 saturated heterocycles. The molecule has 0 aromatic carbocycles. The summed E-state index contributed by atoms with van der Waals surface area (Å²) in [6.07, 6.45) is 0. The van der Waals surface area contributed by atoms with Crippen molar-refractivity contribution in [1.29, 1.82) is 0 Å². The molecule has 0 aliphatic carbocycles. The van der Waals surface area contributed by atoms with Gasteiger partial charge in [-0.3, -0.25) is 0 Å². The van der Waals surface area contributed by atoms with Crippen LogP contribution in [0.3, 0.4) is 0 Å². The summed E-state index contributed by atoms with van der Waals surface area (Å²) < 4.78 is 24.5. The Bertz CT molecular complexity index is 8.66. The summed E-state index contributed by atoms with van der Waals surface area (Å²) in [5.41, 5.74) is 0. The molecule has 5 nitrogen and oxygen atoms in total. The molecule has 0 radical (unpaired) electrons. The molecule has 42 valence electrons. The van der Waals surface area contributed by atoms with Crippen LogP contribution in [0.2, 0.25) is 0 Å². The van der Waals surface area contributed by atoms with Gasteiger partial charge in [-0.25, -0.2) is 0 Å². The van der Waals surface area contributed by atoms with Crippen molar-refractivity contribution in [2.45, 2.75) is 0 Å². The molecule has 0 atom stereocenters. The second kappa shape index (κ2) is 9.11. The summed E-state index contributed by atoms with van der Waals surface area (Å²) in [6.45, 7) is 0. The lowest BCUT2D eigenvalue weighted by molar-refractivity contribution is -1.63. The van der Waals surface area contributed by atoms with Crippen LogP contribution in [0.25, 0.3) is 0 Å². The van der Waals surface area contributed by atoms with Gasteiger partial charge in [0.15, 0.2) is 0 Å². The Hall–Kier alpha value is 0.530. The number of halogens is 1. The van der Waals surface area contributed by atoms with Crippen molar-refractivity contribution in [2.75, 3.05) is 0 Å². The first kappa shape index (κ1) is 16.0. The first-order valence-electron chi connectivity index (χ1n) is 0.478. The fourth-order valence-corrected chi connectivity index (χ4v) is 0. The predicted octanol–water partition coefficient (Wildman–Crippen LogP) is -7.58. The van der Waals surface area contributed by atoms with Gasteiger partial charge in [0.25, 0.3) is 0 Å². The summed E-state index contributed by atoms with van der Waals surface area (Å²) in [4.78, 5) is 0. The molecule has 6 heavy (non-hydrogen) atoms. The van der Waals surface area contributed by atoms with Gasteiger partial charge in [-0.2, -0.15) is 0 Å². The molecule has 0 aromatic heterocycles. The summed E-state index contributed by atoms with van der Waals surface area (Å²) >= 11 is -3.76. The van der Waals surface area contributed by atoms with Crippen LogP contribution in [0, 0.1) is 0 Å². The third-order valence-electron chi connectivity index (χ3n) is 0. The molecule has 6 heteroatoms. The third kappa shape index (κ3) is 201. The topological polar surface area (TPSA) is 129 Å². The lowest BCUT2D eigenvalue weighted by Crippen LogP contribution is -3.98. The summed E-state index contributed by atoms with van der Waals surface area (Å²) in [5, 5.41) is 0. The highest BCUT2D eigenvalue weighted by Crippen LogP contribution is 0.251. The molecule has 0 aromatic rings. The largest absolute Gasteiger partial charge is 0.503 e. The van der Waals surface area contributed by atoms with Gasteiger partial charge in [-0.1, -0.05) is 0 Å². The standard InChI is InChI=1S/HIO3.2H2O/c2-1(3)4;;/h2H;2*1H2. The van der Waals surface area contributed by atoms with Gasteiger partial charge < -0.3 is 17.8 Å². The highest BCUT2D eigenvalue weighted by molar-refractivity contribution is 1.94. The molecule has 0 spiro atoms. The fourth-order valence-electron chi connectivity index (χ4n) is 0. The Morgan fingerprint density at radius 1 is 1.17 bits per heavy atom. The van der Waals surface area contributed by atoms with E-state index in [0.29, 0.717) is 0 Å². The van der Waals surface area contributed by atoms with Crippen LogP contribution in [0.15, 0.2) is 0 Å². The van der Waals surface area contributed by atoms with Gasteiger partial charge >= 0.3 is 21.1 Å². The highest BCUT2D eigenvalue weighted by atomic mass is 127. The van der Waals surface area contributed by atoms with Crippen molar-refractivity contribution in [1.82, 2.24) is 0 Å². The quantitative estimate of drug-likeness (QED) is 0.400. The van der Waals surface area contributed by atoms with Crippen LogP contribution in [0.1, 0.15) is 0 Å². The predicted molar refractivity (Wildman–Crippen MR) is 9.45 cm³/mol. The lowest BCUT2D eigenvalue weighted by atomic mass is 16.0. The van der Waals surface area contributed by atoms with Crippen molar-refractivity contribution in [3.63, 3.8) is 0 Å². The molecule has 0 fully saturated rings. The third-order valence-corrected chi connectivity index (χ3v) is 0. The lowest BCUT2D eigenvalue weighted by Gasteiger charge is -1.67. The van der Waals surface area contributed by atoms with E-state index in [9.17, 15) is 0 Å². The smallest absolute Gasteiger partial charge is 0.412 e. The average molecular weight is 212 g/mol. The minimum atomic E-state index is -3.76. The van der Waals surface area contributed by atoms with E-state index in [0.717, 1.165) is 0 Å². The van der Waals surface area contributed by atoms with Crippen molar-refractivity contribution in [3.05, 3.63) is 0 Å². The minimum absolute atomic E-state index is 0. The Balaban J connectivity index is -0.0000000450. The van der Waals surface area contributed by atoms with Gasteiger partial charge in [0.05, 0.1) is 0 Å². The Morgan fingerprint density at radius 2 is 1.17 bits per heavy atom. The van der Waals surface area contributed by atoms with Crippen LogP contribution < -0.4 is 27.9 Å². The molecular formula is H5IO5. The van der Waals surface area contributed by atoms with Crippen LogP contribution in [0.4, 0.5) is 0 Å². The number of hydrogen-bond donors (Lipinski definition) is 1. The van der Waals surface area contributed by atoms with E-state index in [2.05, 4.69) is 0 Å². The van der Waals surface area contributed by atoms with E-state index < -0.39 is 21.1 Å². The maximum atomic E-state index is 8.68. The molecular weight excluding hydrogens is 207 g/mol. The maximum absolute atomic E-state index is 8.68. The zero-order chi connectivity index (χ0) is 3.58. The molecule has 5 N–H and O–H groups in total. The Morgan fingerprint density at radius 3 is 1.17 bits per heavy atom. The molecule has 0 unspecified atom stereocenters. The van der Waals surface area contributed by atoms with Gasteiger partial charge in [0, 0.05) is 0 Å². The Kier molecular flexibility index (Phi) is 24.3. The molecule has 0 aliphatic heterocycles. The Labute approximate surface area is 42.9 Å². The average Bonchev–Trinajstić information content (AvgIpc) is 0.811. The summed E-state index contributed by atoms with van der Waals surface area (Å²) in [6, 6.07) is 0.